The summed E-state index contributed by atoms with van der Waals surface area (Å²) in [6, 6.07) is 12.6. The summed E-state index contributed by atoms with van der Waals surface area (Å²) in [5, 5.41) is 4.15. The van der Waals surface area contributed by atoms with Crippen LogP contribution in [0.15, 0.2) is 59.4 Å². The molecule has 0 spiro atoms. The number of hydrogen-bond donors (Lipinski definition) is 2. The molecular weight excluding hydrogens is 345 g/mol. The second-order valence-electron chi connectivity index (χ2n) is 6.93. The van der Waals surface area contributed by atoms with Gasteiger partial charge in [-0.15, -0.1) is 0 Å². The van der Waals surface area contributed by atoms with Gasteiger partial charge in [0.25, 0.3) is 0 Å². The molecule has 3 aromatic rings. The molecule has 0 amide bonds. The van der Waals surface area contributed by atoms with E-state index in [1.165, 1.54) is 6.07 Å². The SMILES string of the molecule is CN(Cc1cc(-c2ccncc2)no1)CC1CNNC1c1cccc(F)c1. The highest BCUT2D eigenvalue weighted by Crippen LogP contribution is 2.26. The molecule has 7 heteroatoms. The smallest absolute Gasteiger partial charge is 0.151 e. The third-order valence-electron chi connectivity index (χ3n) is 4.81. The molecule has 1 aliphatic rings. The van der Waals surface area contributed by atoms with Crippen molar-refractivity contribution in [2.45, 2.75) is 12.6 Å². The average molecular weight is 367 g/mol. The van der Waals surface area contributed by atoms with Crippen LogP contribution in [0.5, 0.6) is 0 Å². The molecule has 1 fully saturated rings. The van der Waals surface area contributed by atoms with Gasteiger partial charge < -0.3 is 4.52 Å². The summed E-state index contributed by atoms with van der Waals surface area (Å²) in [5.74, 6) is 0.920. The zero-order valence-corrected chi connectivity index (χ0v) is 15.1. The first kappa shape index (κ1) is 17.8. The number of hydrazine groups is 1. The molecule has 2 N–H and O–H groups in total. The minimum absolute atomic E-state index is 0.0743. The Kier molecular flexibility index (Phi) is 5.24. The van der Waals surface area contributed by atoms with E-state index < -0.39 is 0 Å². The van der Waals surface area contributed by atoms with Crippen LogP contribution in [0.1, 0.15) is 17.4 Å². The Balaban J connectivity index is 1.39. The topological polar surface area (TPSA) is 66.2 Å². The van der Waals surface area contributed by atoms with Crippen molar-refractivity contribution in [2.24, 2.45) is 5.92 Å². The third kappa shape index (κ3) is 4.21. The Labute approximate surface area is 157 Å². The second-order valence-corrected chi connectivity index (χ2v) is 6.93. The van der Waals surface area contributed by atoms with Crippen molar-refractivity contribution in [3.05, 3.63) is 72.0 Å². The number of aromatic nitrogens is 2. The largest absolute Gasteiger partial charge is 0.359 e. The monoisotopic (exact) mass is 367 g/mol. The van der Waals surface area contributed by atoms with E-state index in [1.807, 2.05) is 24.3 Å². The van der Waals surface area contributed by atoms with Gasteiger partial charge in [-0.3, -0.25) is 15.3 Å². The van der Waals surface area contributed by atoms with Crippen molar-refractivity contribution in [1.82, 2.24) is 25.9 Å². The van der Waals surface area contributed by atoms with E-state index in [4.69, 9.17) is 4.52 Å². The molecule has 27 heavy (non-hydrogen) atoms. The number of pyridine rings is 1. The first-order valence-corrected chi connectivity index (χ1v) is 8.97. The highest BCUT2D eigenvalue weighted by atomic mass is 19.1. The van der Waals surface area contributed by atoms with Gasteiger partial charge in [0.05, 0.1) is 12.6 Å². The van der Waals surface area contributed by atoms with Crippen LogP contribution in [-0.2, 0) is 6.54 Å². The summed E-state index contributed by atoms with van der Waals surface area (Å²) >= 11 is 0. The summed E-state index contributed by atoms with van der Waals surface area (Å²) < 4.78 is 19.0. The molecular formula is C20H22FN5O. The summed E-state index contributed by atoms with van der Waals surface area (Å²) in [6.45, 7) is 2.32. The van der Waals surface area contributed by atoms with Gasteiger partial charge in [-0.25, -0.2) is 9.82 Å². The minimum atomic E-state index is -0.210. The molecule has 2 unspecified atom stereocenters. The van der Waals surface area contributed by atoms with Gasteiger partial charge in [0.2, 0.25) is 0 Å². The van der Waals surface area contributed by atoms with Gasteiger partial charge in [-0.2, -0.15) is 0 Å². The Morgan fingerprint density at radius 3 is 2.89 bits per heavy atom. The molecule has 1 aromatic carbocycles. The maximum absolute atomic E-state index is 13.6. The van der Waals surface area contributed by atoms with E-state index in [9.17, 15) is 4.39 Å². The van der Waals surface area contributed by atoms with E-state index in [0.29, 0.717) is 12.5 Å². The van der Waals surface area contributed by atoms with Crippen molar-refractivity contribution in [1.29, 1.82) is 0 Å². The molecule has 1 saturated heterocycles. The zero-order chi connectivity index (χ0) is 18.6. The number of rotatable bonds is 6. The molecule has 0 aliphatic carbocycles. The van der Waals surface area contributed by atoms with Crippen molar-refractivity contribution in [3.63, 3.8) is 0 Å². The van der Waals surface area contributed by atoms with E-state index >= 15 is 0 Å². The van der Waals surface area contributed by atoms with Crippen LogP contribution in [0, 0.1) is 11.7 Å². The minimum Gasteiger partial charge on any atom is -0.359 e. The number of halogens is 1. The summed E-state index contributed by atoms with van der Waals surface area (Å²) in [6.07, 6.45) is 3.48. The molecule has 0 saturated carbocycles. The molecule has 140 valence electrons. The Morgan fingerprint density at radius 2 is 2.07 bits per heavy atom. The van der Waals surface area contributed by atoms with Crippen LogP contribution >= 0.6 is 0 Å². The molecule has 6 nitrogen and oxygen atoms in total. The van der Waals surface area contributed by atoms with Gasteiger partial charge in [0.1, 0.15) is 11.5 Å². The quantitative estimate of drug-likeness (QED) is 0.698. The van der Waals surface area contributed by atoms with Gasteiger partial charge in [-0.1, -0.05) is 17.3 Å². The summed E-state index contributed by atoms with van der Waals surface area (Å²) in [5.41, 5.74) is 9.20. The van der Waals surface area contributed by atoms with Crippen LogP contribution in [0.3, 0.4) is 0 Å². The van der Waals surface area contributed by atoms with Crippen molar-refractivity contribution < 1.29 is 8.91 Å². The summed E-state index contributed by atoms with van der Waals surface area (Å²) in [7, 11) is 2.05. The van der Waals surface area contributed by atoms with Crippen LogP contribution in [0.4, 0.5) is 4.39 Å². The van der Waals surface area contributed by atoms with Crippen LogP contribution in [0.2, 0.25) is 0 Å². The molecule has 2 atom stereocenters. The van der Waals surface area contributed by atoms with Crippen molar-refractivity contribution in [2.75, 3.05) is 20.1 Å². The fourth-order valence-corrected chi connectivity index (χ4v) is 3.54. The van der Waals surface area contributed by atoms with Gasteiger partial charge in [0.15, 0.2) is 5.76 Å². The lowest BCUT2D eigenvalue weighted by molar-refractivity contribution is 0.233. The van der Waals surface area contributed by atoms with Gasteiger partial charge in [-0.05, 0) is 36.9 Å². The number of nitrogens with zero attached hydrogens (tertiary/aromatic N) is 3. The lowest BCUT2D eigenvalue weighted by Crippen LogP contribution is -2.30. The Morgan fingerprint density at radius 1 is 1.22 bits per heavy atom. The number of nitrogens with one attached hydrogen (secondary N) is 2. The standard InChI is InChI=1S/C20H22FN5O/c1-26(13-18-10-19(25-27-18)14-5-7-22-8-6-14)12-16-11-23-24-20(16)15-3-2-4-17(21)9-15/h2-10,16,20,23-24H,11-13H2,1H3. The van der Waals surface area contributed by atoms with Crippen LogP contribution in [0.25, 0.3) is 11.3 Å². The van der Waals surface area contributed by atoms with E-state index in [0.717, 1.165) is 35.7 Å². The van der Waals surface area contributed by atoms with Crippen molar-refractivity contribution >= 4 is 0 Å². The molecule has 0 bridgehead atoms. The first-order valence-electron chi connectivity index (χ1n) is 8.97. The molecule has 4 rings (SSSR count). The average Bonchev–Trinajstić information content (AvgIpc) is 3.32. The predicted molar refractivity (Wildman–Crippen MR) is 99.8 cm³/mol. The second kappa shape index (κ2) is 7.96. The highest BCUT2D eigenvalue weighted by molar-refractivity contribution is 5.57. The van der Waals surface area contributed by atoms with E-state index in [-0.39, 0.29) is 11.9 Å². The molecule has 0 radical (unpaired) electrons. The van der Waals surface area contributed by atoms with Crippen LogP contribution < -0.4 is 10.9 Å². The molecule has 3 heterocycles. The van der Waals surface area contributed by atoms with Gasteiger partial charge >= 0.3 is 0 Å². The predicted octanol–water partition coefficient (Wildman–Crippen LogP) is 2.77. The number of benzene rings is 1. The zero-order valence-electron chi connectivity index (χ0n) is 15.1. The fourth-order valence-electron chi connectivity index (χ4n) is 3.54. The maximum atomic E-state index is 13.6. The van der Waals surface area contributed by atoms with Crippen molar-refractivity contribution in [3.8, 4) is 11.3 Å². The fraction of sp³-hybridized carbons (Fsp3) is 0.300. The van der Waals surface area contributed by atoms with Crippen LogP contribution in [-0.4, -0.2) is 35.2 Å². The molecule has 2 aromatic heterocycles. The summed E-state index contributed by atoms with van der Waals surface area (Å²) in [4.78, 5) is 6.22. The normalized spacial score (nSPS) is 19.7. The number of hydrogen-bond acceptors (Lipinski definition) is 6. The van der Waals surface area contributed by atoms with E-state index in [1.54, 1.807) is 24.5 Å². The molecule has 1 aliphatic heterocycles. The third-order valence-corrected chi connectivity index (χ3v) is 4.81. The lowest BCUT2D eigenvalue weighted by Gasteiger charge is -2.24. The first-order chi connectivity index (χ1) is 13.2. The van der Waals surface area contributed by atoms with E-state index in [2.05, 4.69) is 32.9 Å². The Bertz CT molecular complexity index is 885. The Hall–Kier alpha value is -2.61. The highest BCUT2D eigenvalue weighted by Gasteiger charge is 2.29. The lowest BCUT2D eigenvalue weighted by atomic mass is 9.94. The maximum Gasteiger partial charge on any atom is 0.151 e. The van der Waals surface area contributed by atoms with Gasteiger partial charge in [0, 0.05) is 43.0 Å².